The number of halogens is 2. The van der Waals surface area contributed by atoms with Crippen LogP contribution in [0.25, 0.3) is 16.6 Å². The predicted molar refractivity (Wildman–Crippen MR) is 101 cm³/mol. The molecule has 4 rings (SSSR count). The zero-order chi connectivity index (χ0) is 20.4. The first-order valence-electron chi connectivity index (χ1n) is 8.54. The summed E-state index contributed by atoms with van der Waals surface area (Å²) in [6, 6.07) is 12.6. The van der Waals surface area contributed by atoms with Gasteiger partial charge in [0.2, 0.25) is 0 Å². The quantitative estimate of drug-likeness (QED) is 0.342. The van der Waals surface area contributed by atoms with Crippen LogP contribution in [0.2, 0.25) is 0 Å². The summed E-state index contributed by atoms with van der Waals surface area (Å²) in [6.07, 6.45) is -1.18. The highest BCUT2D eigenvalue weighted by Gasteiger charge is 2.26. The Morgan fingerprint density at radius 2 is 1.93 bits per heavy atom. The molecule has 0 bridgehead atoms. The van der Waals surface area contributed by atoms with Crippen LogP contribution in [0.5, 0.6) is 5.75 Å². The molecule has 10 heteroatoms. The lowest BCUT2D eigenvalue weighted by Crippen LogP contribution is -2.23. The van der Waals surface area contributed by atoms with Crippen molar-refractivity contribution in [1.29, 1.82) is 0 Å². The van der Waals surface area contributed by atoms with Crippen LogP contribution in [0.1, 0.15) is 0 Å². The minimum atomic E-state index is -2.94. The fraction of sp³-hybridized carbons (Fsp3) is 0.211. The Morgan fingerprint density at radius 3 is 2.62 bits per heavy atom. The number of fused-ring (bicyclic) bond motifs is 1. The van der Waals surface area contributed by atoms with E-state index >= 15 is 0 Å². The van der Waals surface area contributed by atoms with E-state index in [-0.39, 0.29) is 17.9 Å². The second kappa shape index (κ2) is 8.08. The number of ether oxygens (including phenoxy) is 3. The number of carbonyl (C=O) groups is 1. The molecule has 1 saturated heterocycles. The lowest BCUT2D eigenvalue weighted by Gasteiger charge is -2.14. The number of rotatable bonds is 6. The standard InChI is InChI=1S/C19H14F2N2O5S/c20-17(21)27-12-7-5-11(6-8-12)23-16(24)14-3-1-2-4-15(14)22-18(23)29-10-13-9-26-19(25)28-13/h1-8,13,17H,9-10H2/t13-/m0/s1. The molecule has 1 fully saturated rings. The molecule has 0 unspecified atom stereocenters. The molecule has 0 spiro atoms. The molecule has 1 aliphatic heterocycles. The number of aromatic nitrogens is 2. The maximum atomic E-state index is 13.1. The van der Waals surface area contributed by atoms with Gasteiger partial charge in [-0.3, -0.25) is 9.36 Å². The molecule has 0 aliphatic carbocycles. The lowest BCUT2D eigenvalue weighted by molar-refractivity contribution is -0.0498. The number of para-hydroxylation sites is 1. The van der Waals surface area contributed by atoms with Crippen LogP contribution >= 0.6 is 11.8 Å². The molecular weight excluding hydrogens is 406 g/mol. The van der Waals surface area contributed by atoms with Crippen molar-refractivity contribution < 1.29 is 27.8 Å². The summed E-state index contributed by atoms with van der Waals surface area (Å²) in [7, 11) is 0. The van der Waals surface area contributed by atoms with E-state index in [0.717, 1.165) is 0 Å². The molecule has 1 aromatic heterocycles. The van der Waals surface area contributed by atoms with Gasteiger partial charge in [0.25, 0.3) is 5.56 Å². The summed E-state index contributed by atoms with van der Waals surface area (Å²) in [5.74, 6) is 0.318. The normalized spacial score (nSPS) is 16.1. The van der Waals surface area contributed by atoms with E-state index in [1.54, 1.807) is 24.3 Å². The van der Waals surface area contributed by atoms with Crippen LogP contribution in [-0.2, 0) is 9.47 Å². The van der Waals surface area contributed by atoms with Gasteiger partial charge < -0.3 is 14.2 Å². The van der Waals surface area contributed by atoms with Crippen molar-refractivity contribution in [3.05, 3.63) is 58.9 Å². The van der Waals surface area contributed by atoms with Crippen LogP contribution < -0.4 is 10.3 Å². The Bertz CT molecular complexity index is 1100. The first kappa shape index (κ1) is 19.2. The van der Waals surface area contributed by atoms with E-state index in [4.69, 9.17) is 9.47 Å². The number of hydrogen-bond acceptors (Lipinski definition) is 7. The van der Waals surface area contributed by atoms with Gasteiger partial charge >= 0.3 is 12.8 Å². The number of cyclic esters (lactones) is 2. The first-order chi connectivity index (χ1) is 14.0. The number of nitrogens with zero attached hydrogens (tertiary/aromatic N) is 2. The van der Waals surface area contributed by atoms with Crippen LogP contribution in [0, 0.1) is 0 Å². The fourth-order valence-corrected chi connectivity index (χ4v) is 3.81. The molecule has 29 heavy (non-hydrogen) atoms. The maximum Gasteiger partial charge on any atom is 0.508 e. The number of alkyl halides is 2. The van der Waals surface area contributed by atoms with E-state index in [0.29, 0.717) is 27.5 Å². The fourth-order valence-electron chi connectivity index (χ4n) is 2.83. The van der Waals surface area contributed by atoms with Gasteiger partial charge in [0.05, 0.1) is 16.6 Å². The lowest BCUT2D eigenvalue weighted by atomic mass is 10.2. The average molecular weight is 420 g/mol. The van der Waals surface area contributed by atoms with E-state index in [1.807, 2.05) is 0 Å². The monoisotopic (exact) mass is 420 g/mol. The largest absolute Gasteiger partial charge is 0.508 e. The topological polar surface area (TPSA) is 79.7 Å². The minimum absolute atomic E-state index is 0.0187. The van der Waals surface area contributed by atoms with Gasteiger partial charge in [-0.1, -0.05) is 23.9 Å². The van der Waals surface area contributed by atoms with Gasteiger partial charge in [-0.15, -0.1) is 0 Å². The van der Waals surface area contributed by atoms with Gasteiger partial charge in [-0.2, -0.15) is 8.78 Å². The molecule has 0 saturated carbocycles. The predicted octanol–water partition coefficient (Wildman–Crippen LogP) is 3.61. The number of benzene rings is 2. The SMILES string of the molecule is O=C1OC[C@@H](CSc2nc3ccccc3c(=O)n2-c2ccc(OC(F)F)cc2)O1. The van der Waals surface area contributed by atoms with Crippen molar-refractivity contribution in [2.24, 2.45) is 0 Å². The highest BCUT2D eigenvalue weighted by atomic mass is 32.2. The van der Waals surface area contributed by atoms with Crippen molar-refractivity contribution in [1.82, 2.24) is 9.55 Å². The molecule has 150 valence electrons. The van der Waals surface area contributed by atoms with Crippen molar-refractivity contribution in [3.63, 3.8) is 0 Å². The smallest absolute Gasteiger partial charge is 0.435 e. The van der Waals surface area contributed by atoms with Gasteiger partial charge in [-0.25, -0.2) is 9.78 Å². The van der Waals surface area contributed by atoms with E-state index in [9.17, 15) is 18.4 Å². The van der Waals surface area contributed by atoms with Crippen molar-refractivity contribution in [3.8, 4) is 11.4 Å². The van der Waals surface area contributed by atoms with Crippen molar-refractivity contribution in [2.45, 2.75) is 17.9 Å². The first-order valence-corrected chi connectivity index (χ1v) is 9.53. The third kappa shape index (κ3) is 4.16. The second-order valence-electron chi connectivity index (χ2n) is 6.04. The van der Waals surface area contributed by atoms with Crippen LogP contribution in [0.15, 0.2) is 58.5 Å². The zero-order valence-corrected chi connectivity index (χ0v) is 15.6. The molecule has 1 aliphatic rings. The van der Waals surface area contributed by atoms with Gasteiger partial charge in [0, 0.05) is 5.75 Å². The summed E-state index contributed by atoms with van der Waals surface area (Å²) in [4.78, 5) is 28.8. The molecule has 2 heterocycles. The summed E-state index contributed by atoms with van der Waals surface area (Å²) in [5.41, 5.74) is 0.658. The molecule has 0 N–H and O–H groups in total. The highest BCUT2D eigenvalue weighted by molar-refractivity contribution is 7.99. The van der Waals surface area contributed by atoms with Crippen LogP contribution in [-0.4, -0.2) is 40.8 Å². The molecule has 1 atom stereocenters. The van der Waals surface area contributed by atoms with E-state index < -0.39 is 18.9 Å². The van der Waals surface area contributed by atoms with Crippen molar-refractivity contribution in [2.75, 3.05) is 12.4 Å². The Kier molecular flexibility index (Phi) is 5.34. The summed E-state index contributed by atoms with van der Waals surface area (Å²) in [6.45, 7) is -2.81. The van der Waals surface area contributed by atoms with E-state index in [2.05, 4.69) is 9.72 Å². The summed E-state index contributed by atoms with van der Waals surface area (Å²) in [5, 5.41) is 0.791. The Balaban J connectivity index is 1.73. The van der Waals surface area contributed by atoms with Crippen LogP contribution in [0.3, 0.4) is 0 Å². The van der Waals surface area contributed by atoms with Crippen LogP contribution in [0.4, 0.5) is 13.6 Å². The van der Waals surface area contributed by atoms with Gasteiger partial charge in [0.15, 0.2) is 5.16 Å². The number of hydrogen-bond donors (Lipinski definition) is 0. The summed E-state index contributed by atoms with van der Waals surface area (Å²) < 4.78 is 40.3. The zero-order valence-electron chi connectivity index (χ0n) is 14.8. The van der Waals surface area contributed by atoms with E-state index in [1.165, 1.54) is 40.6 Å². The summed E-state index contributed by atoms with van der Waals surface area (Å²) >= 11 is 1.23. The third-order valence-corrected chi connectivity index (χ3v) is 5.18. The maximum absolute atomic E-state index is 13.1. The van der Waals surface area contributed by atoms with Gasteiger partial charge in [-0.05, 0) is 36.4 Å². The second-order valence-corrected chi connectivity index (χ2v) is 7.02. The Hall–Kier alpha value is -3.14. The Labute approximate surface area is 167 Å². The highest BCUT2D eigenvalue weighted by Crippen LogP contribution is 2.25. The third-order valence-electron chi connectivity index (χ3n) is 4.11. The van der Waals surface area contributed by atoms with Crippen molar-refractivity contribution >= 4 is 28.8 Å². The Morgan fingerprint density at radius 1 is 1.17 bits per heavy atom. The molecule has 0 amide bonds. The number of carbonyl (C=O) groups excluding carboxylic acids is 1. The molecular formula is C19H14F2N2O5S. The molecule has 3 aromatic rings. The molecule has 0 radical (unpaired) electrons. The van der Waals surface area contributed by atoms with Gasteiger partial charge in [0.1, 0.15) is 18.5 Å². The molecule has 7 nitrogen and oxygen atoms in total. The number of thioether (sulfide) groups is 1. The average Bonchev–Trinajstić information content (AvgIpc) is 3.12. The molecule has 2 aromatic carbocycles. The minimum Gasteiger partial charge on any atom is -0.435 e.